The molecule has 0 bridgehead atoms. The second-order valence-electron chi connectivity index (χ2n) is 10.2. The van der Waals surface area contributed by atoms with Gasteiger partial charge in [0, 0.05) is 8.95 Å². The third-order valence-corrected chi connectivity index (χ3v) is 8.73. The maximum atomic E-state index is 3.87. The van der Waals surface area contributed by atoms with Crippen molar-refractivity contribution >= 4 is 31.9 Å². The number of hydrogen-bond donors (Lipinski definition) is 0. The highest BCUT2D eigenvalue weighted by Crippen LogP contribution is 2.36. The summed E-state index contributed by atoms with van der Waals surface area (Å²) < 4.78 is 2.55. The molecule has 3 rings (SSSR count). The van der Waals surface area contributed by atoms with Gasteiger partial charge in [0.25, 0.3) is 0 Å². The summed E-state index contributed by atoms with van der Waals surface area (Å²) in [5.41, 5.74) is 11.3. The Balaban J connectivity index is 2.02. The van der Waals surface area contributed by atoms with E-state index in [1.165, 1.54) is 105 Å². The zero-order chi connectivity index (χ0) is 25.9. The first-order chi connectivity index (χ1) is 17.5. The Kier molecular flexibility index (Phi) is 12.3. The van der Waals surface area contributed by atoms with Crippen LogP contribution < -0.4 is 0 Å². The van der Waals surface area contributed by atoms with E-state index in [0.717, 1.165) is 25.7 Å². The predicted molar refractivity (Wildman–Crippen MR) is 167 cm³/mol. The van der Waals surface area contributed by atoms with Gasteiger partial charge >= 0.3 is 0 Å². The average Bonchev–Trinajstić information content (AvgIpc) is 2.89. The molecule has 0 saturated carbocycles. The maximum absolute atomic E-state index is 3.87. The monoisotopic (exact) mass is 610 g/mol. The van der Waals surface area contributed by atoms with Gasteiger partial charge in [0.05, 0.1) is 0 Å². The van der Waals surface area contributed by atoms with Crippen LogP contribution in [0.25, 0.3) is 22.3 Å². The van der Waals surface area contributed by atoms with Crippen molar-refractivity contribution in [1.29, 1.82) is 0 Å². The van der Waals surface area contributed by atoms with E-state index in [-0.39, 0.29) is 0 Å². The van der Waals surface area contributed by atoms with Gasteiger partial charge in [-0.1, -0.05) is 110 Å². The average molecular weight is 613 g/mol. The van der Waals surface area contributed by atoms with Crippen molar-refractivity contribution < 1.29 is 0 Å². The van der Waals surface area contributed by atoms with Crippen molar-refractivity contribution in [2.45, 2.75) is 105 Å². The summed E-state index contributed by atoms with van der Waals surface area (Å²) in [6.45, 7) is 9.10. The minimum atomic E-state index is 1.13. The quantitative estimate of drug-likeness (QED) is 0.170. The van der Waals surface area contributed by atoms with Crippen molar-refractivity contribution in [1.82, 2.24) is 0 Å². The number of hydrogen-bond acceptors (Lipinski definition) is 0. The fourth-order valence-electron chi connectivity index (χ4n) is 4.95. The normalized spacial score (nSPS) is 11.3. The molecular weight excluding hydrogens is 568 g/mol. The van der Waals surface area contributed by atoms with Crippen LogP contribution in [0.1, 0.15) is 101 Å². The molecule has 0 aromatic heterocycles. The van der Waals surface area contributed by atoms with Gasteiger partial charge in [-0.25, -0.2) is 0 Å². The van der Waals surface area contributed by atoms with Gasteiger partial charge in [0.1, 0.15) is 0 Å². The molecule has 3 aromatic rings. The van der Waals surface area contributed by atoms with E-state index in [0.29, 0.717) is 0 Å². The summed E-state index contributed by atoms with van der Waals surface area (Å²) in [5, 5.41) is 0. The fourth-order valence-corrected chi connectivity index (χ4v) is 6.13. The molecule has 36 heavy (non-hydrogen) atoms. The van der Waals surface area contributed by atoms with Crippen LogP contribution in [0.4, 0.5) is 0 Å². The van der Waals surface area contributed by atoms with E-state index < -0.39 is 0 Å². The lowest BCUT2D eigenvalue weighted by atomic mass is 9.90. The molecule has 194 valence electrons. The summed E-state index contributed by atoms with van der Waals surface area (Å²) in [6.07, 6.45) is 14.3. The fraction of sp³-hybridized carbons (Fsp3) is 0.471. The number of benzene rings is 3. The minimum Gasteiger partial charge on any atom is -0.0654 e. The Morgan fingerprint density at radius 1 is 0.444 bits per heavy atom. The zero-order valence-electron chi connectivity index (χ0n) is 22.9. The molecule has 0 saturated heterocycles. The van der Waals surface area contributed by atoms with E-state index >= 15 is 0 Å². The maximum Gasteiger partial charge on any atom is 0.0210 e. The molecule has 0 aliphatic rings. The molecule has 0 spiro atoms. The van der Waals surface area contributed by atoms with Crippen molar-refractivity contribution in [2.24, 2.45) is 0 Å². The molecular formula is C34H44Br2. The standard InChI is InChI=1S/C34H44Br2/c1-5-9-13-27-23-33(35)29(15-11-7-3)21-31(27)25-17-19-26(20-18-25)32-22-30(16-12-8-4)34(36)24-28(32)14-10-6-2/h17-24H,5-16H2,1-4H3. The molecule has 0 unspecified atom stereocenters. The third kappa shape index (κ3) is 7.81. The number of aryl methyl sites for hydroxylation is 4. The first-order valence-electron chi connectivity index (χ1n) is 14.3. The largest absolute Gasteiger partial charge is 0.0654 e. The van der Waals surface area contributed by atoms with Crippen LogP contribution in [0.3, 0.4) is 0 Å². The highest BCUT2D eigenvalue weighted by atomic mass is 79.9. The SMILES string of the molecule is CCCCc1cc(-c2ccc(-c3cc(CCCC)c(Br)cc3CCCC)cc2)c(CCCC)cc1Br. The first kappa shape index (κ1) is 29.2. The van der Waals surface area contributed by atoms with Crippen LogP contribution in [-0.2, 0) is 25.7 Å². The van der Waals surface area contributed by atoms with Gasteiger partial charge in [0.15, 0.2) is 0 Å². The lowest BCUT2D eigenvalue weighted by molar-refractivity contribution is 0.784. The highest BCUT2D eigenvalue weighted by Gasteiger charge is 2.13. The van der Waals surface area contributed by atoms with Gasteiger partial charge in [-0.05, 0) is 120 Å². The Morgan fingerprint density at radius 3 is 1.06 bits per heavy atom. The number of rotatable bonds is 14. The Morgan fingerprint density at radius 2 is 0.750 bits per heavy atom. The van der Waals surface area contributed by atoms with Gasteiger partial charge in [-0.3, -0.25) is 0 Å². The summed E-state index contributed by atoms with van der Waals surface area (Å²) in [4.78, 5) is 0. The Hall–Kier alpha value is -1.38. The predicted octanol–water partition coefficient (Wildman–Crippen LogP) is 11.9. The summed E-state index contributed by atoms with van der Waals surface area (Å²) in [5.74, 6) is 0. The third-order valence-electron chi connectivity index (χ3n) is 7.25. The van der Waals surface area contributed by atoms with E-state index in [1.54, 1.807) is 0 Å². The summed E-state index contributed by atoms with van der Waals surface area (Å²) in [6, 6.07) is 19.1. The van der Waals surface area contributed by atoms with Crippen LogP contribution in [0.15, 0.2) is 57.5 Å². The number of halogens is 2. The van der Waals surface area contributed by atoms with Gasteiger partial charge in [-0.15, -0.1) is 0 Å². The number of unbranched alkanes of at least 4 members (excludes halogenated alkanes) is 4. The summed E-state index contributed by atoms with van der Waals surface area (Å²) >= 11 is 7.75. The molecule has 0 atom stereocenters. The van der Waals surface area contributed by atoms with Crippen LogP contribution in [0.2, 0.25) is 0 Å². The molecule has 2 heteroatoms. The van der Waals surface area contributed by atoms with Crippen molar-refractivity contribution in [3.05, 3.63) is 79.7 Å². The molecule has 3 aromatic carbocycles. The summed E-state index contributed by atoms with van der Waals surface area (Å²) in [7, 11) is 0. The van der Waals surface area contributed by atoms with Gasteiger partial charge in [0.2, 0.25) is 0 Å². The van der Waals surface area contributed by atoms with Crippen LogP contribution in [-0.4, -0.2) is 0 Å². The molecule has 0 aliphatic carbocycles. The second kappa shape index (κ2) is 15.1. The molecule has 0 fully saturated rings. The zero-order valence-corrected chi connectivity index (χ0v) is 26.0. The van der Waals surface area contributed by atoms with Crippen molar-refractivity contribution in [2.75, 3.05) is 0 Å². The Bertz CT molecular complexity index is 1010. The van der Waals surface area contributed by atoms with Gasteiger partial charge in [-0.2, -0.15) is 0 Å². The molecule has 0 nitrogen and oxygen atoms in total. The van der Waals surface area contributed by atoms with Gasteiger partial charge < -0.3 is 0 Å². The van der Waals surface area contributed by atoms with Crippen LogP contribution >= 0.6 is 31.9 Å². The van der Waals surface area contributed by atoms with E-state index in [4.69, 9.17) is 0 Å². The van der Waals surface area contributed by atoms with Crippen molar-refractivity contribution in [3.8, 4) is 22.3 Å². The first-order valence-corrected chi connectivity index (χ1v) is 15.8. The van der Waals surface area contributed by atoms with Crippen LogP contribution in [0.5, 0.6) is 0 Å². The van der Waals surface area contributed by atoms with Crippen LogP contribution in [0, 0.1) is 0 Å². The van der Waals surface area contributed by atoms with Crippen molar-refractivity contribution in [3.63, 3.8) is 0 Å². The smallest absolute Gasteiger partial charge is 0.0210 e. The molecule has 0 amide bonds. The topological polar surface area (TPSA) is 0 Å². The second-order valence-corrected chi connectivity index (χ2v) is 11.9. The molecule has 0 heterocycles. The molecule has 0 radical (unpaired) electrons. The lowest BCUT2D eigenvalue weighted by Crippen LogP contribution is -1.97. The minimum absolute atomic E-state index is 1.13. The van der Waals surface area contributed by atoms with E-state index in [1.807, 2.05) is 0 Å². The van der Waals surface area contributed by atoms with E-state index in [2.05, 4.69) is 108 Å². The highest BCUT2D eigenvalue weighted by molar-refractivity contribution is 9.10. The van der Waals surface area contributed by atoms with E-state index in [9.17, 15) is 0 Å². The Labute approximate surface area is 237 Å². The lowest BCUT2D eigenvalue weighted by Gasteiger charge is -2.17. The molecule has 0 N–H and O–H groups in total. The molecule has 0 aliphatic heterocycles.